The first-order chi connectivity index (χ1) is 4.91. The summed E-state index contributed by atoms with van der Waals surface area (Å²) in [4.78, 5) is 13.5. The molecule has 0 spiro atoms. The van der Waals surface area contributed by atoms with Crippen molar-refractivity contribution in [2.24, 2.45) is 5.34 Å². The molecule has 4 nitrogen and oxygen atoms in total. The highest BCUT2D eigenvalue weighted by Gasteiger charge is 1.87. The average Bonchev–Trinajstić information content (AvgIpc) is 1.97. The van der Waals surface area contributed by atoms with E-state index >= 15 is 0 Å². The molecule has 4 heteroatoms. The number of nitrogens with zero attached hydrogens (tertiary/aromatic N) is 1. The zero-order valence-electron chi connectivity index (χ0n) is 6.21. The van der Waals surface area contributed by atoms with Gasteiger partial charge in [-0.25, -0.2) is 0 Å². The molecule has 0 unspecified atom stereocenters. The predicted molar refractivity (Wildman–Crippen MR) is 37.5 cm³/mol. The van der Waals surface area contributed by atoms with Crippen LogP contribution in [-0.4, -0.2) is 19.8 Å². The minimum Gasteiger partial charge on any atom is -0.378 e. The standard InChI is InChI=1S/C6H13NO3/c1-2-3-4-9-5-6-10-7-8/h2-6H2,1H3. The summed E-state index contributed by atoms with van der Waals surface area (Å²) in [5.74, 6) is 0. The van der Waals surface area contributed by atoms with Crippen molar-refractivity contribution in [3.05, 3.63) is 4.91 Å². The summed E-state index contributed by atoms with van der Waals surface area (Å²) < 4.78 is 5.05. The monoisotopic (exact) mass is 147 g/mol. The maximum atomic E-state index is 9.37. The molecule has 0 saturated heterocycles. The lowest BCUT2D eigenvalue weighted by atomic mass is 10.4. The van der Waals surface area contributed by atoms with E-state index in [1.807, 2.05) is 0 Å². The third kappa shape index (κ3) is 7.36. The van der Waals surface area contributed by atoms with Gasteiger partial charge in [0.05, 0.1) is 6.61 Å². The SMILES string of the molecule is CCCCOCCON=O. The zero-order chi connectivity index (χ0) is 7.66. The van der Waals surface area contributed by atoms with E-state index in [0.29, 0.717) is 6.61 Å². The van der Waals surface area contributed by atoms with Gasteiger partial charge in [0.25, 0.3) is 0 Å². The lowest BCUT2D eigenvalue weighted by Crippen LogP contribution is -2.01. The summed E-state index contributed by atoms with van der Waals surface area (Å²) >= 11 is 0. The van der Waals surface area contributed by atoms with Crippen molar-refractivity contribution < 1.29 is 9.57 Å². The van der Waals surface area contributed by atoms with Crippen molar-refractivity contribution in [3.63, 3.8) is 0 Å². The highest BCUT2D eigenvalue weighted by atomic mass is 16.7. The summed E-state index contributed by atoms with van der Waals surface area (Å²) in [6.07, 6.45) is 2.17. The molecule has 0 fully saturated rings. The van der Waals surface area contributed by atoms with E-state index in [9.17, 15) is 4.91 Å². The van der Waals surface area contributed by atoms with E-state index < -0.39 is 0 Å². The molecule has 0 atom stereocenters. The molecule has 0 amide bonds. The maximum absolute atomic E-state index is 9.37. The van der Waals surface area contributed by atoms with Crippen LogP contribution >= 0.6 is 0 Å². The molecule has 0 rings (SSSR count). The van der Waals surface area contributed by atoms with Gasteiger partial charge < -0.3 is 9.57 Å². The average molecular weight is 147 g/mol. The highest BCUT2D eigenvalue weighted by molar-refractivity contribution is 4.31. The molecule has 0 bridgehead atoms. The Kier molecular flexibility index (Phi) is 7.82. The fraction of sp³-hybridized carbons (Fsp3) is 1.00. The van der Waals surface area contributed by atoms with E-state index in [2.05, 4.69) is 17.1 Å². The molecule has 0 aromatic heterocycles. The molecule has 0 N–H and O–H groups in total. The molecule has 10 heavy (non-hydrogen) atoms. The van der Waals surface area contributed by atoms with Crippen LogP contribution in [0.25, 0.3) is 0 Å². The molecule has 60 valence electrons. The number of hydrogen-bond acceptors (Lipinski definition) is 4. The normalized spacial score (nSPS) is 9.30. The molecule has 0 aliphatic rings. The van der Waals surface area contributed by atoms with Crippen molar-refractivity contribution >= 4 is 0 Å². The third-order valence-electron chi connectivity index (χ3n) is 1.01. The molecular formula is C6H13NO3. The summed E-state index contributed by atoms with van der Waals surface area (Å²) in [6, 6.07) is 0. The quantitative estimate of drug-likeness (QED) is 0.311. The van der Waals surface area contributed by atoms with Crippen molar-refractivity contribution in [3.8, 4) is 0 Å². The Labute approximate surface area is 60.4 Å². The largest absolute Gasteiger partial charge is 0.378 e. The van der Waals surface area contributed by atoms with Gasteiger partial charge in [-0.15, -0.1) is 4.91 Å². The summed E-state index contributed by atoms with van der Waals surface area (Å²) in [5, 5.41) is 2.22. The van der Waals surface area contributed by atoms with Crippen LogP contribution in [0.2, 0.25) is 0 Å². The van der Waals surface area contributed by atoms with Crippen LogP contribution in [0.5, 0.6) is 0 Å². The van der Waals surface area contributed by atoms with Crippen LogP contribution in [0.1, 0.15) is 19.8 Å². The summed E-state index contributed by atoms with van der Waals surface area (Å²) in [5.41, 5.74) is 0. The molecule has 0 aliphatic carbocycles. The van der Waals surface area contributed by atoms with E-state index in [1.54, 1.807) is 0 Å². The second kappa shape index (κ2) is 8.36. The smallest absolute Gasteiger partial charge is 0.155 e. The summed E-state index contributed by atoms with van der Waals surface area (Å²) in [7, 11) is 0. The Morgan fingerprint density at radius 2 is 2.10 bits per heavy atom. The van der Waals surface area contributed by atoms with Gasteiger partial charge in [0.1, 0.15) is 6.61 Å². The first kappa shape index (κ1) is 9.36. The van der Waals surface area contributed by atoms with Gasteiger partial charge in [0, 0.05) is 6.61 Å². The van der Waals surface area contributed by atoms with Crippen molar-refractivity contribution in [2.45, 2.75) is 19.8 Å². The van der Waals surface area contributed by atoms with Crippen molar-refractivity contribution in [1.29, 1.82) is 0 Å². The van der Waals surface area contributed by atoms with Gasteiger partial charge in [-0.3, -0.25) is 0 Å². The van der Waals surface area contributed by atoms with Gasteiger partial charge in [-0.1, -0.05) is 13.3 Å². The minimum absolute atomic E-state index is 0.257. The van der Waals surface area contributed by atoms with Crippen LogP contribution in [-0.2, 0) is 9.57 Å². The lowest BCUT2D eigenvalue weighted by molar-refractivity contribution is 0.0477. The fourth-order valence-corrected chi connectivity index (χ4v) is 0.482. The number of rotatable bonds is 7. The minimum atomic E-state index is 0.257. The van der Waals surface area contributed by atoms with E-state index in [4.69, 9.17) is 4.74 Å². The topological polar surface area (TPSA) is 47.9 Å². The number of hydrogen-bond donors (Lipinski definition) is 0. The molecule has 0 aromatic rings. The van der Waals surface area contributed by atoms with Gasteiger partial charge in [-0.05, 0) is 6.42 Å². The van der Waals surface area contributed by atoms with Gasteiger partial charge in [0.2, 0.25) is 0 Å². The molecule has 0 saturated carbocycles. The highest BCUT2D eigenvalue weighted by Crippen LogP contribution is 1.87. The number of unbranched alkanes of at least 4 members (excludes halogenated alkanes) is 1. The first-order valence-corrected chi connectivity index (χ1v) is 3.44. The van der Waals surface area contributed by atoms with E-state index in [0.717, 1.165) is 19.4 Å². The predicted octanol–water partition coefficient (Wildman–Crippen LogP) is 1.50. The number of ether oxygens (including phenoxy) is 1. The van der Waals surface area contributed by atoms with E-state index in [1.165, 1.54) is 0 Å². The second-order valence-electron chi connectivity index (χ2n) is 1.87. The Hall–Kier alpha value is -0.640. The lowest BCUT2D eigenvalue weighted by Gasteiger charge is -1.99. The van der Waals surface area contributed by atoms with Gasteiger partial charge in [-0.2, -0.15) is 0 Å². The van der Waals surface area contributed by atoms with Crippen molar-refractivity contribution in [2.75, 3.05) is 19.8 Å². The van der Waals surface area contributed by atoms with Gasteiger partial charge >= 0.3 is 0 Å². The molecule has 0 aromatic carbocycles. The molecular weight excluding hydrogens is 134 g/mol. The van der Waals surface area contributed by atoms with Crippen LogP contribution in [0.4, 0.5) is 0 Å². The molecule has 0 aliphatic heterocycles. The fourth-order valence-electron chi connectivity index (χ4n) is 0.482. The van der Waals surface area contributed by atoms with Crippen LogP contribution in [0.3, 0.4) is 0 Å². The zero-order valence-corrected chi connectivity index (χ0v) is 6.21. The maximum Gasteiger partial charge on any atom is 0.155 e. The Bertz CT molecular complexity index is 77.4. The second-order valence-corrected chi connectivity index (χ2v) is 1.87. The molecule has 0 radical (unpaired) electrons. The Morgan fingerprint density at radius 1 is 1.30 bits per heavy atom. The van der Waals surface area contributed by atoms with Gasteiger partial charge in [0.15, 0.2) is 5.34 Å². The van der Waals surface area contributed by atoms with Crippen LogP contribution < -0.4 is 0 Å². The molecule has 0 heterocycles. The first-order valence-electron chi connectivity index (χ1n) is 3.44. The van der Waals surface area contributed by atoms with Crippen LogP contribution in [0, 0.1) is 4.91 Å². The Morgan fingerprint density at radius 3 is 2.70 bits per heavy atom. The van der Waals surface area contributed by atoms with Crippen molar-refractivity contribution in [1.82, 2.24) is 0 Å². The Balaban J connectivity index is 2.70. The van der Waals surface area contributed by atoms with Crippen LogP contribution in [0.15, 0.2) is 5.34 Å². The summed E-state index contributed by atoms with van der Waals surface area (Å²) in [6.45, 7) is 3.53. The third-order valence-corrected chi connectivity index (χ3v) is 1.01. The van der Waals surface area contributed by atoms with E-state index in [-0.39, 0.29) is 6.61 Å².